The summed E-state index contributed by atoms with van der Waals surface area (Å²) in [5, 5.41) is 13.6. The minimum absolute atomic E-state index is 0.107. The number of thioether (sulfide) groups is 1. The Balaban J connectivity index is 1.52. The number of hydrogen-bond donors (Lipinski definition) is 1. The van der Waals surface area contributed by atoms with E-state index in [0.717, 1.165) is 34.1 Å². The van der Waals surface area contributed by atoms with Crippen molar-refractivity contribution in [2.45, 2.75) is 12.1 Å². The van der Waals surface area contributed by atoms with Gasteiger partial charge in [-0.3, -0.25) is 9.36 Å². The number of benzene rings is 3. The predicted octanol–water partition coefficient (Wildman–Crippen LogP) is 4.59. The number of hydrogen-bond acceptors (Lipinski definition) is 8. The molecule has 1 aromatic heterocycles. The highest BCUT2D eigenvalue weighted by Gasteiger charge is 2.18. The van der Waals surface area contributed by atoms with Gasteiger partial charge in [0.15, 0.2) is 11.0 Å². The number of amides is 1. The van der Waals surface area contributed by atoms with Crippen LogP contribution in [0.5, 0.6) is 17.2 Å². The molecule has 0 aliphatic carbocycles. The fourth-order valence-corrected chi connectivity index (χ4v) is 4.20. The second-order valence-electron chi connectivity index (χ2n) is 7.82. The van der Waals surface area contributed by atoms with Gasteiger partial charge in [-0.2, -0.15) is 5.10 Å². The molecule has 1 heterocycles. The maximum absolute atomic E-state index is 12.6. The molecule has 0 spiro atoms. The van der Waals surface area contributed by atoms with Crippen LogP contribution in [0, 0.1) is 0 Å². The molecule has 1 amide bonds. The van der Waals surface area contributed by atoms with E-state index in [2.05, 4.69) is 20.7 Å². The summed E-state index contributed by atoms with van der Waals surface area (Å²) in [7, 11) is 4.86. The third-order valence-corrected chi connectivity index (χ3v) is 6.43. The third-order valence-electron chi connectivity index (χ3n) is 5.50. The largest absolute Gasteiger partial charge is 0.497 e. The molecular weight excluding hydrogens is 490 g/mol. The van der Waals surface area contributed by atoms with Crippen LogP contribution in [0.2, 0.25) is 0 Å². The highest BCUT2D eigenvalue weighted by atomic mass is 32.2. The highest BCUT2D eigenvalue weighted by molar-refractivity contribution is 7.99. The van der Waals surface area contributed by atoms with E-state index < -0.39 is 0 Å². The van der Waals surface area contributed by atoms with E-state index in [0.29, 0.717) is 16.7 Å². The van der Waals surface area contributed by atoms with Gasteiger partial charge in [-0.25, -0.2) is 5.43 Å². The Bertz CT molecular complexity index is 1370. The smallest absolute Gasteiger partial charge is 0.250 e. The molecule has 10 heteroatoms. The Morgan fingerprint density at radius 1 is 0.838 bits per heavy atom. The molecule has 0 bridgehead atoms. The molecule has 37 heavy (non-hydrogen) atoms. The lowest BCUT2D eigenvalue weighted by molar-refractivity contribution is -0.118. The van der Waals surface area contributed by atoms with Crippen LogP contribution >= 0.6 is 11.8 Å². The maximum Gasteiger partial charge on any atom is 0.250 e. The van der Waals surface area contributed by atoms with Crippen molar-refractivity contribution in [2.24, 2.45) is 5.10 Å². The number of rotatable bonds is 10. The average Bonchev–Trinajstić information content (AvgIpc) is 3.38. The van der Waals surface area contributed by atoms with Crippen LogP contribution in [0.4, 0.5) is 0 Å². The van der Waals surface area contributed by atoms with Crippen LogP contribution in [0.25, 0.3) is 17.1 Å². The Morgan fingerprint density at radius 2 is 1.38 bits per heavy atom. The summed E-state index contributed by atoms with van der Waals surface area (Å²) in [6.07, 6.45) is 0. The maximum atomic E-state index is 12.6. The second-order valence-corrected chi connectivity index (χ2v) is 8.76. The van der Waals surface area contributed by atoms with Gasteiger partial charge in [0, 0.05) is 11.3 Å². The molecule has 0 unspecified atom stereocenters. The van der Waals surface area contributed by atoms with E-state index in [1.807, 2.05) is 84.3 Å². The van der Waals surface area contributed by atoms with Crippen LogP contribution in [-0.4, -0.2) is 53.5 Å². The van der Waals surface area contributed by atoms with Gasteiger partial charge in [-0.05, 0) is 85.3 Å². The lowest BCUT2D eigenvalue weighted by Gasteiger charge is -2.11. The molecule has 1 N–H and O–H groups in total. The van der Waals surface area contributed by atoms with Crippen molar-refractivity contribution in [2.75, 3.05) is 27.1 Å². The molecule has 4 rings (SSSR count). The fourth-order valence-electron chi connectivity index (χ4n) is 3.46. The van der Waals surface area contributed by atoms with E-state index >= 15 is 0 Å². The van der Waals surface area contributed by atoms with E-state index in [1.54, 1.807) is 21.3 Å². The Kier molecular flexibility index (Phi) is 8.42. The van der Waals surface area contributed by atoms with Crippen molar-refractivity contribution in [1.82, 2.24) is 20.2 Å². The molecule has 4 aromatic rings. The van der Waals surface area contributed by atoms with Crippen molar-refractivity contribution in [3.05, 3.63) is 78.4 Å². The summed E-state index contributed by atoms with van der Waals surface area (Å²) in [5.41, 5.74) is 5.89. The first-order valence-corrected chi connectivity index (χ1v) is 12.4. The number of ether oxygens (including phenoxy) is 3. The molecule has 0 aliphatic rings. The van der Waals surface area contributed by atoms with E-state index in [1.165, 1.54) is 11.8 Å². The highest BCUT2D eigenvalue weighted by Crippen LogP contribution is 2.29. The first kappa shape index (κ1) is 25.8. The number of methoxy groups -OCH3 is 3. The van der Waals surface area contributed by atoms with Gasteiger partial charge >= 0.3 is 0 Å². The molecule has 0 fully saturated rings. The summed E-state index contributed by atoms with van der Waals surface area (Å²) < 4.78 is 17.7. The number of hydrazone groups is 1. The third kappa shape index (κ3) is 6.28. The molecule has 0 aliphatic heterocycles. The molecule has 0 radical (unpaired) electrons. The molecule has 9 nitrogen and oxygen atoms in total. The molecule has 0 atom stereocenters. The van der Waals surface area contributed by atoms with Crippen molar-refractivity contribution >= 4 is 23.4 Å². The first-order chi connectivity index (χ1) is 18.0. The number of nitrogens with zero attached hydrogens (tertiary/aromatic N) is 4. The van der Waals surface area contributed by atoms with Gasteiger partial charge < -0.3 is 14.2 Å². The molecule has 190 valence electrons. The standard InChI is InChI=1S/C27H27N5O4S/c1-18(19-5-11-22(34-2)12-6-19)28-29-25(33)17-37-27-31-30-26(20-7-13-23(35-3)14-8-20)32(27)21-9-15-24(36-4)16-10-21/h5-16H,17H2,1-4H3,(H,29,33)/b28-18-. The van der Waals surface area contributed by atoms with E-state index in [4.69, 9.17) is 14.2 Å². The van der Waals surface area contributed by atoms with Crippen LogP contribution in [0.1, 0.15) is 12.5 Å². The lowest BCUT2D eigenvalue weighted by atomic mass is 10.1. The van der Waals surface area contributed by atoms with Crippen molar-refractivity contribution < 1.29 is 19.0 Å². The Labute approximate surface area is 219 Å². The van der Waals surface area contributed by atoms with Crippen LogP contribution in [0.15, 0.2) is 83.1 Å². The van der Waals surface area contributed by atoms with Crippen LogP contribution in [0.3, 0.4) is 0 Å². The molecule has 0 saturated heterocycles. The van der Waals surface area contributed by atoms with Gasteiger partial charge in [0.2, 0.25) is 0 Å². The second kappa shape index (κ2) is 12.1. The van der Waals surface area contributed by atoms with Gasteiger partial charge in [0.25, 0.3) is 5.91 Å². The predicted molar refractivity (Wildman–Crippen MR) is 144 cm³/mol. The summed E-state index contributed by atoms with van der Waals surface area (Å²) in [6, 6.07) is 22.6. The summed E-state index contributed by atoms with van der Waals surface area (Å²) in [6.45, 7) is 1.83. The number of carbonyl (C=O) groups excluding carboxylic acids is 1. The Hall–Kier alpha value is -4.31. The summed E-state index contributed by atoms with van der Waals surface area (Å²) in [5.74, 6) is 2.73. The van der Waals surface area contributed by atoms with Crippen molar-refractivity contribution in [3.63, 3.8) is 0 Å². The van der Waals surface area contributed by atoms with Gasteiger partial charge in [0.1, 0.15) is 17.2 Å². The zero-order valence-corrected chi connectivity index (χ0v) is 21.8. The van der Waals surface area contributed by atoms with Gasteiger partial charge in [-0.1, -0.05) is 11.8 Å². The summed E-state index contributed by atoms with van der Waals surface area (Å²) in [4.78, 5) is 12.6. The SMILES string of the molecule is COc1ccc(/C(C)=N\NC(=O)CSc2nnc(-c3ccc(OC)cc3)n2-c2ccc(OC)cc2)cc1. The number of carbonyl (C=O) groups is 1. The van der Waals surface area contributed by atoms with Gasteiger partial charge in [-0.15, -0.1) is 10.2 Å². The zero-order valence-electron chi connectivity index (χ0n) is 21.0. The molecular formula is C27H27N5O4S. The quantitative estimate of drug-likeness (QED) is 0.187. The molecule has 0 saturated carbocycles. The van der Waals surface area contributed by atoms with E-state index in [9.17, 15) is 4.79 Å². The first-order valence-electron chi connectivity index (χ1n) is 11.4. The van der Waals surface area contributed by atoms with Crippen LogP contribution in [-0.2, 0) is 4.79 Å². The monoisotopic (exact) mass is 517 g/mol. The molecule has 3 aromatic carbocycles. The number of aromatic nitrogens is 3. The van der Waals surface area contributed by atoms with Crippen molar-refractivity contribution in [3.8, 4) is 34.3 Å². The van der Waals surface area contributed by atoms with Gasteiger partial charge in [0.05, 0.1) is 32.8 Å². The fraction of sp³-hybridized carbons (Fsp3) is 0.185. The number of nitrogens with one attached hydrogen (secondary N) is 1. The average molecular weight is 518 g/mol. The van der Waals surface area contributed by atoms with Crippen molar-refractivity contribution in [1.29, 1.82) is 0 Å². The normalized spacial score (nSPS) is 11.2. The minimum Gasteiger partial charge on any atom is -0.497 e. The van der Waals surface area contributed by atoms with Crippen LogP contribution < -0.4 is 19.6 Å². The van der Waals surface area contributed by atoms with E-state index in [-0.39, 0.29) is 11.7 Å². The minimum atomic E-state index is -0.256. The summed E-state index contributed by atoms with van der Waals surface area (Å²) >= 11 is 1.27. The lowest BCUT2D eigenvalue weighted by Crippen LogP contribution is -2.21. The topological polar surface area (TPSA) is 99.9 Å². The zero-order chi connectivity index (χ0) is 26.2. The Morgan fingerprint density at radius 3 is 1.95 bits per heavy atom.